The largest absolute Gasteiger partial charge is 0.257 e. The molecule has 1 fully saturated rings. The van der Waals surface area contributed by atoms with Gasteiger partial charge in [-0.1, -0.05) is 30.7 Å². The molecule has 2 rings (SSSR count). The van der Waals surface area contributed by atoms with E-state index in [0.717, 1.165) is 11.6 Å². The molecule has 0 radical (unpaired) electrons. The van der Waals surface area contributed by atoms with Crippen molar-refractivity contribution < 1.29 is 0 Å². The molecule has 0 spiro atoms. The number of halogens is 1. The first-order valence-electron chi connectivity index (χ1n) is 4.51. The van der Waals surface area contributed by atoms with Crippen molar-refractivity contribution in [3.63, 3.8) is 0 Å². The number of nitrogens with one attached hydrogen (secondary N) is 2. The first-order valence-corrected chi connectivity index (χ1v) is 4.89. The molecule has 0 bridgehead atoms. The summed E-state index contributed by atoms with van der Waals surface area (Å²) < 4.78 is 0. The summed E-state index contributed by atoms with van der Waals surface area (Å²) in [6.07, 6.45) is 0. The number of hydrazine groups is 1. The number of benzene rings is 1. The van der Waals surface area contributed by atoms with Crippen LogP contribution in [0.25, 0.3) is 0 Å². The van der Waals surface area contributed by atoms with Crippen LogP contribution in [0, 0.1) is 5.92 Å². The van der Waals surface area contributed by atoms with E-state index in [1.807, 2.05) is 18.2 Å². The SMILES string of the molecule is CC1CNNC1c1cccc(Cl)c1. The molecule has 2 unspecified atom stereocenters. The van der Waals surface area contributed by atoms with Crippen LogP contribution in [-0.2, 0) is 0 Å². The van der Waals surface area contributed by atoms with Crippen LogP contribution in [0.5, 0.6) is 0 Å². The van der Waals surface area contributed by atoms with E-state index in [1.54, 1.807) is 0 Å². The number of hydrogen-bond donors (Lipinski definition) is 2. The van der Waals surface area contributed by atoms with E-state index in [9.17, 15) is 0 Å². The van der Waals surface area contributed by atoms with Crippen LogP contribution in [0.1, 0.15) is 18.5 Å². The van der Waals surface area contributed by atoms with Gasteiger partial charge in [-0.2, -0.15) is 0 Å². The van der Waals surface area contributed by atoms with Gasteiger partial charge in [-0.3, -0.25) is 10.9 Å². The molecule has 3 heteroatoms. The minimum atomic E-state index is 0.388. The zero-order valence-electron chi connectivity index (χ0n) is 7.55. The van der Waals surface area contributed by atoms with Crippen molar-refractivity contribution in [1.82, 2.24) is 10.9 Å². The standard InChI is InChI=1S/C10H13ClN2/c1-7-6-12-13-10(7)8-3-2-4-9(11)5-8/h2-5,7,10,12-13H,6H2,1H3. The molecule has 1 aliphatic heterocycles. The summed E-state index contributed by atoms with van der Waals surface area (Å²) in [4.78, 5) is 0. The smallest absolute Gasteiger partial charge is 0.0501 e. The second kappa shape index (κ2) is 3.66. The Morgan fingerprint density at radius 2 is 2.31 bits per heavy atom. The summed E-state index contributed by atoms with van der Waals surface area (Å²) in [6, 6.07) is 8.40. The summed E-state index contributed by atoms with van der Waals surface area (Å²) in [6.45, 7) is 3.23. The maximum absolute atomic E-state index is 5.92. The maximum Gasteiger partial charge on any atom is 0.0501 e. The number of rotatable bonds is 1. The molecule has 13 heavy (non-hydrogen) atoms. The van der Waals surface area contributed by atoms with Gasteiger partial charge in [0.15, 0.2) is 0 Å². The maximum atomic E-state index is 5.92. The van der Waals surface area contributed by atoms with Crippen molar-refractivity contribution in [1.29, 1.82) is 0 Å². The molecular formula is C10H13ClN2. The van der Waals surface area contributed by atoms with Gasteiger partial charge >= 0.3 is 0 Å². The molecular weight excluding hydrogens is 184 g/mol. The van der Waals surface area contributed by atoms with Gasteiger partial charge in [0, 0.05) is 11.6 Å². The summed E-state index contributed by atoms with van der Waals surface area (Å²) in [5.41, 5.74) is 7.64. The lowest BCUT2D eigenvalue weighted by Crippen LogP contribution is -2.24. The fourth-order valence-electron chi connectivity index (χ4n) is 1.70. The van der Waals surface area contributed by atoms with Crippen LogP contribution >= 0.6 is 11.6 Å². The second-order valence-corrected chi connectivity index (χ2v) is 3.97. The molecule has 2 N–H and O–H groups in total. The molecule has 70 valence electrons. The van der Waals surface area contributed by atoms with Crippen molar-refractivity contribution in [3.05, 3.63) is 34.9 Å². The third kappa shape index (κ3) is 1.85. The van der Waals surface area contributed by atoms with Crippen molar-refractivity contribution in [2.75, 3.05) is 6.54 Å². The molecule has 1 saturated heterocycles. The van der Waals surface area contributed by atoms with Crippen LogP contribution in [0.3, 0.4) is 0 Å². The highest BCUT2D eigenvalue weighted by Gasteiger charge is 2.23. The van der Waals surface area contributed by atoms with Crippen molar-refractivity contribution in [2.45, 2.75) is 13.0 Å². The van der Waals surface area contributed by atoms with Crippen LogP contribution < -0.4 is 10.9 Å². The minimum Gasteiger partial charge on any atom is -0.257 e. The van der Waals surface area contributed by atoms with Crippen LogP contribution in [0.15, 0.2) is 24.3 Å². The van der Waals surface area contributed by atoms with Crippen molar-refractivity contribution in [3.8, 4) is 0 Å². The Labute approximate surface area is 83.3 Å². The fraction of sp³-hybridized carbons (Fsp3) is 0.400. The molecule has 0 aliphatic carbocycles. The lowest BCUT2D eigenvalue weighted by Gasteiger charge is -2.14. The third-order valence-corrected chi connectivity index (χ3v) is 2.69. The Hall–Kier alpha value is -0.570. The average Bonchev–Trinajstić information content (AvgIpc) is 2.51. The molecule has 1 heterocycles. The highest BCUT2D eigenvalue weighted by atomic mass is 35.5. The normalized spacial score (nSPS) is 27.8. The fourth-order valence-corrected chi connectivity index (χ4v) is 1.90. The van der Waals surface area contributed by atoms with E-state index in [0.29, 0.717) is 12.0 Å². The summed E-state index contributed by atoms with van der Waals surface area (Å²) in [7, 11) is 0. The first kappa shape index (κ1) is 9.00. The quantitative estimate of drug-likeness (QED) is 0.719. The minimum absolute atomic E-state index is 0.388. The zero-order chi connectivity index (χ0) is 9.26. The van der Waals surface area contributed by atoms with E-state index in [2.05, 4.69) is 23.8 Å². The molecule has 0 amide bonds. The second-order valence-electron chi connectivity index (χ2n) is 3.54. The van der Waals surface area contributed by atoms with Gasteiger partial charge in [-0.05, 0) is 23.6 Å². The first-order chi connectivity index (χ1) is 6.27. The van der Waals surface area contributed by atoms with Crippen LogP contribution in [-0.4, -0.2) is 6.54 Å². The van der Waals surface area contributed by atoms with Crippen molar-refractivity contribution >= 4 is 11.6 Å². The van der Waals surface area contributed by atoms with E-state index in [1.165, 1.54) is 5.56 Å². The van der Waals surface area contributed by atoms with Gasteiger partial charge in [0.25, 0.3) is 0 Å². The highest BCUT2D eigenvalue weighted by Crippen LogP contribution is 2.25. The van der Waals surface area contributed by atoms with Gasteiger partial charge in [-0.15, -0.1) is 0 Å². The molecule has 1 aromatic rings. The molecule has 0 saturated carbocycles. The van der Waals surface area contributed by atoms with Gasteiger partial charge < -0.3 is 0 Å². The van der Waals surface area contributed by atoms with Crippen molar-refractivity contribution in [2.24, 2.45) is 5.92 Å². The van der Waals surface area contributed by atoms with E-state index < -0.39 is 0 Å². The Kier molecular flexibility index (Phi) is 2.54. The molecule has 1 aromatic carbocycles. The summed E-state index contributed by atoms with van der Waals surface area (Å²) in [5.74, 6) is 0.610. The summed E-state index contributed by atoms with van der Waals surface area (Å²) in [5, 5.41) is 0.804. The van der Waals surface area contributed by atoms with Gasteiger partial charge in [0.2, 0.25) is 0 Å². The molecule has 2 nitrogen and oxygen atoms in total. The van der Waals surface area contributed by atoms with Gasteiger partial charge in [-0.25, -0.2) is 0 Å². The summed E-state index contributed by atoms with van der Waals surface area (Å²) >= 11 is 5.92. The van der Waals surface area contributed by atoms with Crippen LogP contribution in [0.4, 0.5) is 0 Å². The lowest BCUT2D eigenvalue weighted by molar-refractivity contribution is 0.508. The highest BCUT2D eigenvalue weighted by molar-refractivity contribution is 6.30. The lowest BCUT2D eigenvalue weighted by atomic mass is 9.97. The van der Waals surface area contributed by atoms with E-state index in [-0.39, 0.29) is 0 Å². The average molecular weight is 197 g/mol. The Bertz CT molecular complexity index is 301. The Morgan fingerprint density at radius 1 is 1.46 bits per heavy atom. The Balaban J connectivity index is 2.24. The topological polar surface area (TPSA) is 24.1 Å². The third-order valence-electron chi connectivity index (χ3n) is 2.46. The van der Waals surface area contributed by atoms with Gasteiger partial charge in [0.1, 0.15) is 0 Å². The predicted octanol–water partition coefficient (Wildman–Crippen LogP) is 2.12. The van der Waals surface area contributed by atoms with Crippen LogP contribution in [0.2, 0.25) is 5.02 Å². The molecule has 1 aliphatic rings. The molecule has 0 aromatic heterocycles. The van der Waals surface area contributed by atoms with E-state index in [4.69, 9.17) is 11.6 Å². The zero-order valence-corrected chi connectivity index (χ0v) is 8.31. The molecule has 2 atom stereocenters. The Morgan fingerprint density at radius 3 is 2.92 bits per heavy atom. The monoisotopic (exact) mass is 196 g/mol. The van der Waals surface area contributed by atoms with Gasteiger partial charge in [0.05, 0.1) is 6.04 Å². The predicted molar refractivity (Wildman–Crippen MR) is 54.5 cm³/mol. The number of hydrogen-bond acceptors (Lipinski definition) is 2. The van der Waals surface area contributed by atoms with E-state index >= 15 is 0 Å².